The average Bonchev–Trinajstić information content (AvgIpc) is 3.06. The Morgan fingerprint density at radius 3 is 2.48 bits per heavy atom. The molecule has 6 nitrogen and oxygen atoms in total. The molecule has 4 rings (SSSR count). The molecule has 0 bridgehead atoms. The van der Waals surface area contributed by atoms with E-state index in [1.165, 1.54) is 16.3 Å². The summed E-state index contributed by atoms with van der Waals surface area (Å²) in [5.41, 5.74) is 1.94. The summed E-state index contributed by atoms with van der Waals surface area (Å²) < 4.78 is 1.19. The molecule has 1 N–H and O–H groups in total. The first kappa shape index (κ1) is 19.7. The number of aromatic hydroxyl groups is 1. The number of hydrogen-bond donors (Lipinski definition) is 1. The lowest BCUT2D eigenvalue weighted by molar-refractivity contribution is 0.476. The van der Waals surface area contributed by atoms with E-state index in [1.54, 1.807) is 18.2 Å². The van der Waals surface area contributed by atoms with E-state index in [1.807, 2.05) is 37.3 Å². The van der Waals surface area contributed by atoms with E-state index in [2.05, 4.69) is 15.1 Å². The number of fused-ring (bicyclic) bond motifs is 1. The predicted molar refractivity (Wildman–Crippen MR) is 116 cm³/mol. The van der Waals surface area contributed by atoms with Gasteiger partial charge in [-0.25, -0.2) is 9.78 Å². The largest absolute Gasteiger partial charge is 0.505 e. The van der Waals surface area contributed by atoms with Crippen LogP contribution in [0.3, 0.4) is 0 Å². The van der Waals surface area contributed by atoms with Crippen molar-refractivity contribution < 1.29 is 5.11 Å². The quantitative estimate of drug-likeness (QED) is 0.481. The summed E-state index contributed by atoms with van der Waals surface area (Å²) in [6, 6.07) is 12.6. The molecule has 2 aromatic heterocycles. The maximum atomic E-state index is 12.5. The van der Waals surface area contributed by atoms with Gasteiger partial charge in [-0.05, 0) is 29.5 Å². The molecule has 0 radical (unpaired) electrons. The lowest BCUT2D eigenvalue weighted by atomic mass is 10.1. The molecule has 0 spiro atoms. The van der Waals surface area contributed by atoms with Crippen LogP contribution >= 0.6 is 35.0 Å². The molecule has 0 fully saturated rings. The second-order valence-electron chi connectivity index (χ2n) is 6.06. The van der Waals surface area contributed by atoms with Crippen LogP contribution in [0.15, 0.2) is 52.4 Å². The molecule has 0 aliphatic heterocycles. The Labute approximate surface area is 179 Å². The first-order valence-electron chi connectivity index (χ1n) is 8.66. The van der Waals surface area contributed by atoms with Gasteiger partial charge in [0.05, 0.1) is 10.0 Å². The molecular formula is C20H14Cl2N4O2S. The number of thioether (sulfide) groups is 1. The fourth-order valence-corrected chi connectivity index (χ4v) is 3.93. The van der Waals surface area contributed by atoms with Gasteiger partial charge in [-0.3, -0.25) is 0 Å². The number of phenols is 1. The predicted octanol–water partition coefficient (Wildman–Crippen LogP) is 3.82. The minimum Gasteiger partial charge on any atom is -0.505 e. The molecule has 2 aromatic carbocycles. The van der Waals surface area contributed by atoms with Gasteiger partial charge in [0.1, 0.15) is 5.69 Å². The standard InChI is InChI=1S/C20H14Cl2N4O2S/c1-2-29-19-23-18-13(8-11-9-14(21)17(27)15(22)10-11)16(12-6-4-3-5-7-12)25-26(18)20(28)24-19/h3-10,27H,2H2,1H3/b13-8-. The van der Waals surface area contributed by atoms with E-state index in [0.717, 1.165) is 11.3 Å². The third kappa shape index (κ3) is 3.81. The molecule has 0 saturated heterocycles. The van der Waals surface area contributed by atoms with E-state index < -0.39 is 5.69 Å². The maximum Gasteiger partial charge on any atom is 0.372 e. The summed E-state index contributed by atoms with van der Waals surface area (Å²) in [7, 11) is 0. The first-order chi connectivity index (χ1) is 14.0. The molecule has 0 aliphatic rings. The molecule has 9 heteroatoms. The van der Waals surface area contributed by atoms with Crippen LogP contribution in [0.5, 0.6) is 5.75 Å². The van der Waals surface area contributed by atoms with Crippen molar-refractivity contribution in [3.63, 3.8) is 0 Å². The van der Waals surface area contributed by atoms with Gasteiger partial charge in [-0.1, -0.05) is 72.2 Å². The Morgan fingerprint density at radius 2 is 1.83 bits per heavy atom. The zero-order chi connectivity index (χ0) is 20.5. The van der Waals surface area contributed by atoms with Gasteiger partial charge in [-0.15, -0.1) is 0 Å². The fourth-order valence-electron chi connectivity index (χ4n) is 2.88. The Kier molecular flexibility index (Phi) is 5.45. The van der Waals surface area contributed by atoms with E-state index in [-0.39, 0.29) is 15.8 Å². The van der Waals surface area contributed by atoms with Crippen LogP contribution in [0, 0.1) is 0 Å². The summed E-state index contributed by atoms with van der Waals surface area (Å²) in [6.07, 6.45) is 1.79. The number of rotatable bonds is 4. The first-order valence-corrected chi connectivity index (χ1v) is 10.4. The maximum absolute atomic E-state index is 12.5. The van der Waals surface area contributed by atoms with Gasteiger partial charge in [0.25, 0.3) is 0 Å². The molecule has 4 aromatic rings. The Hall–Kier alpha value is -2.61. The number of hydrogen-bond acceptors (Lipinski definition) is 6. The lowest BCUT2D eigenvalue weighted by Crippen LogP contribution is -2.20. The van der Waals surface area contributed by atoms with Gasteiger partial charge < -0.3 is 5.11 Å². The summed E-state index contributed by atoms with van der Waals surface area (Å²) in [5.74, 6) is 0.553. The molecule has 0 unspecified atom stereocenters. The minimum absolute atomic E-state index is 0.128. The van der Waals surface area contributed by atoms with Crippen LogP contribution < -0.4 is 10.9 Å². The molecule has 2 heterocycles. The second kappa shape index (κ2) is 8.02. The zero-order valence-electron chi connectivity index (χ0n) is 15.1. The zero-order valence-corrected chi connectivity index (χ0v) is 17.5. The molecule has 0 saturated carbocycles. The molecule has 0 atom stereocenters. The highest BCUT2D eigenvalue weighted by Gasteiger charge is 2.15. The summed E-state index contributed by atoms with van der Waals surface area (Å²) in [5, 5.41) is 15.6. The number of nitrogens with zero attached hydrogens (tertiary/aromatic N) is 4. The van der Waals surface area contributed by atoms with Crippen molar-refractivity contribution in [3.05, 3.63) is 73.8 Å². The lowest BCUT2D eigenvalue weighted by Gasteiger charge is -2.02. The van der Waals surface area contributed by atoms with Crippen LogP contribution in [-0.4, -0.2) is 30.4 Å². The Morgan fingerprint density at radius 1 is 1.14 bits per heavy atom. The molecule has 0 aliphatic carbocycles. The molecular weight excluding hydrogens is 431 g/mol. The third-order valence-corrected chi connectivity index (χ3v) is 5.45. The van der Waals surface area contributed by atoms with Crippen molar-refractivity contribution in [2.45, 2.75) is 12.1 Å². The average molecular weight is 445 g/mol. The van der Waals surface area contributed by atoms with Gasteiger partial charge in [0.15, 0.2) is 16.6 Å². The van der Waals surface area contributed by atoms with Crippen LogP contribution in [0.25, 0.3) is 23.0 Å². The van der Waals surface area contributed by atoms with Crippen molar-refractivity contribution in [2.24, 2.45) is 0 Å². The summed E-state index contributed by atoms with van der Waals surface area (Å²) in [6.45, 7) is 1.96. The summed E-state index contributed by atoms with van der Waals surface area (Å²) in [4.78, 5) is 21.1. The van der Waals surface area contributed by atoms with Gasteiger partial charge >= 0.3 is 5.69 Å². The van der Waals surface area contributed by atoms with E-state index in [0.29, 0.717) is 27.3 Å². The van der Waals surface area contributed by atoms with Crippen molar-refractivity contribution in [3.8, 4) is 17.0 Å². The Bertz CT molecular complexity index is 1300. The van der Waals surface area contributed by atoms with Gasteiger partial charge in [-0.2, -0.15) is 14.6 Å². The van der Waals surface area contributed by atoms with E-state index in [9.17, 15) is 9.90 Å². The normalized spacial score (nSPS) is 12.0. The number of benzene rings is 2. The van der Waals surface area contributed by atoms with Crippen LogP contribution in [0.1, 0.15) is 12.5 Å². The number of halogens is 2. The van der Waals surface area contributed by atoms with Crippen LogP contribution in [-0.2, 0) is 0 Å². The van der Waals surface area contributed by atoms with Crippen LogP contribution in [0.4, 0.5) is 0 Å². The minimum atomic E-state index is -0.496. The summed E-state index contributed by atoms with van der Waals surface area (Å²) >= 11 is 13.5. The van der Waals surface area contributed by atoms with Crippen molar-refractivity contribution in [2.75, 3.05) is 5.75 Å². The fraction of sp³-hybridized carbons (Fsp3) is 0.100. The molecule has 146 valence electrons. The number of phenolic OH excluding ortho intramolecular Hbond substituents is 1. The van der Waals surface area contributed by atoms with Gasteiger partial charge in [0.2, 0.25) is 0 Å². The van der Waals surface area contributed by atoms with E-state index >= 15 is 0 Å². The molecule has 29 heavy (non-hydrogen) atoms. The third-order valence-electron chi connectivity index (χ3n) is 4.14. The SMILES string of the molecule is CCSc1nc(=O)n2nc(-c3ccccc3)/c(=C/c3cc(Cl)c(O)c(Cl)c3)c2n1. The smallest absolute Gasteiger partial charge is 0.372 e. The highest BCUT2D eigenvalue weighted by atomic mass is 35.5. The van der Waals surface area contributed by atoms with Crippen molar-refractivity contribution >= 4 is 46.7 Å². The number of aromatic nitrogens is 4. The van der Waals surface area contributed by atoms with E-state index in [4.69, 9.17) is 23.2 Å². The highest BCUT2D eigenvalue weighted by Crippen LogP contribution is 2.33. The Balaban J connectivity index is 2.08. The second-order valence-corrected chi connectivity index (χ2v) is 8.11. The topological polar surface area (TPSA) is 80.4 Å². The highest BCUT2D eigenvalue weighted by molar-refractivity contribution is 7.99. The monoisotopic (exact) mass is 444 g/mol. The molecule has 0 amide bonds. The van der Waals surface area contributed by atoms with Gasteiger partial charge in [0, 0.05) is 10.8 Å². The van der Waals surface area contributed by atoms with Crippen molar-refractivity contribution in [1.29, 1.82) is 0 Å². The van der Waals surface area contributed by atoms with Crippen LogP contribution in [0.2, 0.25) is 10.0 Å². The van der Waals surface area contributed by atoms with Crippen molar-refractivity contribution in [1.82, 2.24) is 19.6 Å².